The summed E-state index contributed by atoms with van der Waals surface area (Å²) in [6.45, 7) is 0. The fourth-order valence-corrected chi connectivity index (χ4v) is 3.06. The van der Waals surface area contributed by atoms with Crippen molar-refractivity contribution in [2.24, 2.45) is 5.92 Å². The summed E-state index contributed by atoms with van der Waals surface area (Å²) in [5, 5.41) is 12.3. The number of hydrogen-bond donors (Lipinski definition) is 2. The van der Waals surface area contributed by atoms with Gasteiger partial charge in [0.25, 0.3) is 0 Å². The Labute approximate surface area is 108 Å². The molecule has 0 saturated heterocycles. The van der Waals surface area contributed by atoms with Gasteiger partial charge in [-0.1, -0.05) is 23.9 Å². The van der Waals surface area contributed by atoms with E-state index in [0.717, 1.165) is 12.8 Å². The first kappa shape index (κ1) is 11.6. The summed E-state index contributed by atoms with van der Waals surface area (Å²) in [4.78, 5) is 12.3. The van der Waals surface area contributed by atoms with Crippen LogP contribution in [0.25, 0.3) is 0 Å². The highest BCUT2D eigenvalue weighted by molar-refractivity contribution is 8.04. The summed E-state index contributed by atoms with van der Waals surface area (Å²) in [5.41, 5.74) is 0.713. The van der Waals surface area contributed by atoms with Crippen molar-refractivity contribution in [1.29, 1.82) is 0 Å². The van der Waals surface area contributed by atoms with Gasteiger partial charge in [-0.25, -0.2) is 4.39 Å². The van der Waals surface area contributed by atoms with Gasteiger partial charge >= 0.3 is 0 Å². The second-order valence-electron chi connectivity index (χ2n) is 4.51. The number of aliphatic hydroxyl groups is 1. The monoisotopic (exact) mass is 265 g/mol. The largest absolute Gasteiger partial charge is 0.494 e. The number of rotatable bonds is 3. The molecule has 3 rings (SSSR count). The van der Waals surface area contributed by atoms with E-state index >= 15 is 0 Å². The first-order chi connectivity index (χ1) is 8.65. The van der Waals surface area contributed by atoms with Crippen LogP contribution in [0.3, 0.4) is 0 Å². The van der Waals surface area contributed by atoms with E-state index in [4.69, 9.17) is 0 Å². The Hall–Kier alpha value is -1.49. The van der Waals surface area contributed by atoms with E-state index in [2.05, 4.69) is 5.32 Å². The van der Waals surface area contributed by atoms with Gasteiger partial charge in [0, 0.05) is 5.92 Å². The van der Waals surface area contributed by atoms with Gasteiger partial charge in [0.2, 0.25) is 5.88 Å². The molecular formula is C13H12FNO2S. The average Bonchev–Trinajstić information content (AvgIpc) is 3.12. The van der Waals surface area contributed by atoms with E-state index in [9.17, 15) is 14.3 Å². The lowest BCUT2D eigenvalue weighted by molar-refractivity contribution is -0.116. The predicted octanol–water partition coefficient (Wildman–Crippen LogP) is 2.87. The standard InChI is InChI=1S/C13H12FNO2S/c14-9-3-1-2-8(6-9)13-15-12(17)11(18-13)10(16)7-4-5-7/h1-3,6-7,13,15,17H,4-5H2. The van der Waals surface area contributed by atoms with E-state index in [0.29, 0.717) is 10.5 Å². The molecule has 1 fully saturated rings. The molecule has 0 spiro atoms. The maximum atomic E-state index is 13.1. The number of Topliss-reactive ketones (excluding diaryl/α,β-unsaturated/α-hetero) is 1. The molecule has 2 N–H and O–H groups in total. The van der Waals surface area contributed by atoms with E-state index < -0.39 is 0 Å². The Bertz CT molecular complexity index is 540. The quantitative estimate of drug-likeness (QED) is 0.882. The van der Waals surface area contributed by atoms with Crippen LogP contribution in [-0.4, -0.2) is 10.9 Å². The first-order valence-corrected chi connectivity index (χ1v) is 6.69. The Kier molecular flexibility index (Phi) is 2.78. The molecule has 1 unspecified atom stereocenters. The van der Waals surface area contributed by atoms with Crippen molar-refractivity contribution >= 4 is 17.5 Å². The number of carbonyl (C=O) groups is 1. The first-order valence-electron chi connectivity index (χ1n) is 5.81. The van der Waals surface area contributed by atoms with Crippen LogP contribution in [0.5, 0.6) is 0 Å². The third-order valence-electron chi connectivity index (χ3n) is 3.04. The molecule has 1 aliphatic heterocycles. The van der Waals surface area contributed by atoms with Gasteiger partial charge in [0.1, 0.15) is 16.1 Å². The van der Waals surface area contributed by atoms with Crippen LogP contribution in [0, 0.1) is 11.7 Å². The number of halogens is 1. The lowest BCUT2D eigenvalue weighted by Crippen LogP contribution is -2.13. The second kappa shape index (κ2) is 4.31. The molecule has 5 heteroatoms. The minimum Gasteiger partial charge on any atom is -0.494 e. The molecular weight excluding hydrogens is 253 g/mol. The van der Waals surface area contributed by atoms with Gasteiger partial charge in [-0.05, 0) is 30.5 Å². The van der Waals surface area contributed by atoms with Crippen LogP contribution in [0.4, 0.5) is 4.39 Å². The molecule has 1 saturated carbocycles. The summed E-state index contributed by atoms with van der Waals surface area (Å²) in [5.74, 6) is -0.325. The van der Waals surface area contributed by atoms with E-state index in [1.165, 1.54) is 23.9 Å². The molecule has 0 radical (unpaired) electrons. The number of benzene rings is 1. The highest BCUT2D eigenvalue weighted by Gasteiger charge is 2.38. The minimum absolute atomic E-state index is 0.00361. The van der Waals surface area contributed by atoms with Gasteiger partial charge in [0.15, 0.2) is 5.78 Å². The van der Waals surface area contributed by atoms with Crippen LogP contribution in [-0.2, 0) is 4.79 Å². The lowest BCUT2D eigenvalue weighted by atomic mass is 10.2. The van der Waals surface area contributed by atoms with Crippen molar-refractivity contribution in [2.75, 3.05) is 0 Å². The van der Waals surface area contributed by atoms with Gasteiger partial charge < -0.3 is 10.4 Å². The number of thioether (sulfide) groups is 1. The maximum Gasteiger partial charge on any atom is 0.203 e. The van der Waals surface area contributed by atoms with Crippen molar-refractivity contribution in [2.45, 2.75) is 18.2 Å². The van der Waals surface area contributed by atoms with Crippen LogP contribution in [0.2, 0.25) is 0 Å². The number of nitrogens with one attached hydrogen (secondary N) is 1. The highest BCUT2D eigenvalue weighted by atomic mass is 32.2. The SMILES string of the molecule is O=C(C1=C(O)NC(c2cccc(F)c2)S1)C1CC1. The number of ketones is 1. The third kappa shape index (κ3) is 2.10. The summed E-state index contributed by atoms with van der Waals surface area (Å²) in [6, 6.07) is 6.16. The van der Waals surface area contributed by atoms with Crippen molar-refractivity contribution in [3.8, 4) is 0 Å². The minimum atomic E-state index is -0.323. The summed E-state index contributed by atoms with van der Waals surface area (Å²) in [7, 11) is 0. The Morgan fingerprint density at radius 1 is 1.44 bits per heavy atom. The number of aliphatic hydroxyl groups excluding tert-OH is 1. The topological polar surface area (TPSA) is 49.3 Å². The predicted molar refractivity (Wildman–Crippen MR) is 67.3 cm³/mol. The Morgan fingerprint density at radius 2 is 2.22 bits per heavy atom. The van der Waals surface area contributed by atoms with Crippen LogP contribution < -0.4 is 5.32 Å². The second-order valence-corrected chi connectivity index (χ2v) is 5.63. The number of carbonyl (C=O) groups excluding carboxylic acids is 1. The molecule has 0 bridgehead atoms. The molecule has 1 aromatic carbocycles. The molecule has 1 aromatic rings. The fourth-order valence-electron chi connectivity index (χ4n) is 1.92. The molecule has 1 heterocycles. The summed E-state index contributed by atoms with van der Waals surface area (Å²) >= 11 is 1.26. The molecule has 2 aliphatic rings. The molecule has 0 amide bonds. The van der Waals surface area contributed by atoms with Crippen molar-refractivity contribution in [1.82, 2.24) is 5.32 Å². The zero-order chi connectivity index (χ0) is 12.7. The van der Waals surface area contributed by atoms with Crippen molar-refractivity contribution in [3.05, 3.63) is 46.4 Å². The maximum absolute atomic E-state index is 13.1. The highest BCUT2D eigenvalue weighted by Crippen LogP contribution is 2.44. The molecule has 1 aliphatic carbocycles. The smallest absolute Gasteiger partial charge is 0.203 e. The van der Waals surface area contributed by atoms with Gasteiger partial charge in [-0.3, -0.25) is 4.79 Å². The molecule has 94 valence electrons. The normalized spacial score (nSPS) is 23.1. The third-order valence-corrected chi connectivity index (χ3v) is 4.30. The van der Waals surface area contributed by atoms with E-state index in [1.807, 2.05) is 0 Å². The Balaban J connectivity index is 1.78. The summed E-state index contributed by atoms with van der Waals surface area (Å²) in [6.07, 6.45) is 1.81. The molecule has 0 aromatic heterocycles. The molecule has 1 atom stereocenters. The van der Waals surface area contributed by atoms with Crippen LogP contribution in [0.1, 0.15) is 23.8 Å². The van der Waals surface area contributed by atoms with Crippen molar-refractivity contribution in [3.63, 3.8) is 0 Å². The number of allylic oxidation sites excluding steroid dienone is 1. The zero-order valence-corrected chi connectivity index (χ0v) is 10.3. The average molecular weight is 265 g/mol. The summed E-state index contributed by atoms with van der Waals surface area (Å²) < 4.78 is 13.1. The van der Waals surface area contributed by atoms with Crippen LogP contribution in [0.15, 0.2) is 35.1 Å². The molecule has 18 heavy (non-hydrogen) atoms. The number of hydrogen-bond acceptors (Lipinski definition) is 4. The van der Waals surface area contributed by atoms with Crippen molar-refractivity contribution < 1.29 is 14.3 Å². The fraction of sp³-hybridized carbons (Fsp3) is 0.308. The Morgan fingerprint density at radius 3 is 2.89 bits per heavy atom. The lowest BCUT2D eigenvalue weighted by Gasteiger charge is -2.10. The molecule has 3 nitrogen and oxygen atoms in total. The van der Waals surface area contributed by atoms with Gasteiger partial charge in [0.05, 0.1) is 0 Å². The van der Waals surface area contributed by atoms with Gasteiger partial charge in [-0.2, -0.15) is 0 Å². The van der Waals surface area contributed by atoms with Crippen LogP contribution >= 0.6 is 11.8 Å². The van der Waals surface area contributed by atoms with E-state index in [1.54, 1.807) is 12.1 Å². The van der Waals surface area contributed by atoms with Gasteiger partial charge in [-0.15, -0.1) is 0 Å². The van der Waals surface area contributed by atoms with E-state index in [-0.39, 0.29) is 28.8 Å². The zero-order valence-electron chi connectivity index (χ0n) is 9.52.